The van der Waals surface area contributed by atoms with Gasteiger partial charge in [-0.1, -0.05) is 238 Å². The van der Waals surface area contributed by atoms with E-state index in [4.69, 9.17) is 0 Å². The van der Waals surface area contributed by atoms with E-state index in [2.05, 4.69) is 191 Å². The van der Waals surface area contributed by atoms with Gasteiger partial charge in [0.1, 0.15) is 0 Å². The quantitative estimate of drug-likeness (QED) is 0.0711. The maximum absolute atomic E-state index is 2.62. The van der Waals surface area contributed by atoms with Crippen LogP contribution in [-0.2, 0) is 25.7 Å². The van der Waals surface area contributed by atoms with Crippen LogP contribution in [0.2, 0.25) is 0 Å². The largest absolute Gasteiger partial charge is 0.0676 e. The molecule has 0 nitrogen and oxygen atoms in total. The summed E-state index contributed by atoms with van der Waals surface area (Å²) in [7, 11) is -0.435. The van der Waals surface area contributed by atoms with E-state index in [0.717, 1.165) is 37.0 Å². The average molecular weight is 871 g/mol. The molecule has 0 saturated heterocycles. The van der Waals surface area contributed by atoms with E-state index in [1.165, 1.54) is 131 Å². The Hall–Kier alpha value is -5.03. The zero-order chi connectivity index (χ0) is 44.5. The molecule has 1 heteroatoms. The minimum absolute atomic E-state index is 0.183. The van der Waals surface area contributed by atoms with Gasteiger partial charge in [-0.2, -0.15) is 0 Å². The Morgan fingerprint density at radius 3 is 0.923 bits per heavy atom. The van der Waals surface area contributed by atoms with E-state index in [0.29, 0.717) is 0 Å². The normalized spacial score (nSPS) is 15.0. The summed E-state index contributed by atoms with van der Waals surface area (Å²) in [5.74, 6) is 0.366. The molecule has 2 saturated carbocycles. The Morgan fingerprint density at radius 1 is 0.354 bits per heavy atom. The third-order valence-corrected chi connectivity index (χ3v) is 18.7. The minimum Gasteiger partial charge on any atom is -0.0676 e. The Bertz CT molecular complexity index is 2290. The Balaban J connectivity index is 1.30. The second-order valence-electron chi connectivity index (χ2n) is 19.0. The van der Waals surface area contributed by atoms with Crippen LogP contribution in [0.5, 0.6) is 0 Å². The van der Waals surface area contributed by atoms with Gasteiger partial charge in [0, 0.05) is 11.8 Å². The van der Waals surface area contributed by atoms with E-state index in [1.807, 2.05) is 0 Å². The molecular formula is C64H71P. The van der Waals surface area contributed by atoms with Crippen LogP contribution in [-0.4, -0.2) is 11.3 Å². The molecule has 0 bridgehead atoms. The van der Waals surface area contributed by atoms with Gasteiger partial charge in [-0.25, -0.2) is 0 Å². The van der Waals surface area contributed by atoms with E-state index >= 15 is 0 Å². The van der Waals surface area contributed by atoms with Crippen LogP contribution in [0.3, 0.4) is 0 Å². The molecule has 0 heterocycles. The van der Waals surface area contributed by atoms with E-state index in [9.17, 15) is 0 Å². The monoisotopic (exact) mass is 871 g/mol. The van der Waals surface area contributed by atoms with Gasteiger partial charge in [-0.3, -0.25) is 0 Å². The highest BCUT2D eigenvalue weighted by molar-refractivity contribution is 7.67. The van der Waals surface area contributed by atoms with Crippen molar-refractivity contribution in [1.29, 1.82) is 0 Å². The first kappa shape index (κ1) is 45.1. The predicted molar refractivity (Wildman–Crippen MR) is 283 cm³/mol. The summed E-state index contributed by atoms with van der Waals surface area (Å²) in [5, 5.41) is 1.75. The lowest BCUT2D eigenvalue weighted by Crippen LogP contribution is -2.29. The number of aryl methyl sites for hydroxylation is 4. The summed E-state index contributed by atoms with van der Waals surface area (Å²) >= 11 is 0. The molecule has 2 aliphatic carbocycles. The molecule has 0 N–H and O–H groups in total. The van der Waals surface area contributed by atoms with Gasteiger partial charge >= 0.3 is 0 Å². The van der Waals surface area contributed by atoms with Gasteiger partial charge in [0.25, 0.3) is 0 Å². The Kier molecular flexibility index (Phi) is 14.9. The molecule has 9 rings (SSSR count). The SMILES string of the molecule is CCc1cc(C(c2ccccc2)c2ccccc2)cc(CC)c1-c1cccc(-c2c(CC)cc(C(c3ccccc3)c3ccccc3)cc2CC)c1P(C1CCCCC1)C1CCCCC1. The Labute approximate surface area is 393 Å². The standard InChI is InChI=1S/C64H71P/c1-5-46-42-54(60(50-28-15-9-16-29-50)51-30-17-10-18-31-51)43-47(6-2)62(46)58-40-27-41-59(64(58)65(56-36-23-13-24-37-56)57-38-25-14-26-39-57)63-48(7-3)44-55(45-49(63)8-4)61(52-32-19-11-20-33-52)53-34-21-12-22-35-53/h9-12,15-22,27-35,40-45,56-57,60-61H,5-8,13-14,23-26,36-39H2,1-4H3. The summed E-state index contributed by atoms with van der Waals surface area (Å²) in [5.41, 5.74) is 22.1. The number of hydrogen-bond acceptors (Lipinski definition) is 0. The van der Waals surface area contributed by atoms with Crippen molar-refractivity contribution in [3.05, 3.63) is 219 Å². The molecule has 0 aliphatic heterocycles. The number of rotatable bonds is 15. The van der Waals surface area contributed by atoms with Crippen molar-refractivity contribution in [3.8, 4) is 22.3 Å². The van der Waals surface area contributed by atoms with Crippen LogP contribution in [0.4, 0.5) is 0 Å². The highest BCUT2D eigenvalue weighted by Gasteiger charge is 2.37. The zero-order valence-corrected chi connectivity index (χ0v) is 40.6. The highest BCUT2D eigenvalue weighted by Crippen LogP contribution is 2.58. The summed E-state index contributed by atoms with van der Waals surface area (Å²) in [6.07, 6.45) is 18.0. The van der Waals surface area contributed by atoms with E-state index in [1.54, 1.807) is 16.4 Å². The van der Waals surface area contributed by atoms with Crippen molar-refractivity contribution in [2.24, 2.45) is 0 Å². The molecule has 332 valence electrons. The van der Waals surface area contributed by atoms with Crippen LogP contribution in [0, 0.1) is 0 Å². The van der Waals surface area contributed by atoms with Gasteiger partial charge in [-0.15, -0.1) is 0 Å². The fraction of sp³-hybridized carbons (Fsp3) is 0.344. The highest BCUT2D eigenvalue weighted by atomic mass is 31.1. The third-order valence-electron chi connectivity index (χ3n) is 15.1. The van der Waals surface area contributed by atoms with Crippen molar-refractivity contribution in [2.75, 3.05) is 0 Å². The summed E-state index contributed by atoms with van der Waals surface area (Å²) < 4.78 is 0. The predicted octanol–water partition coefficient (Wildman–Crippen LogP) is 17.4. The lowest BCUT2D eigenvalue weighted by molar-refractivity contribution is 0.487. The van der Waals surface area contributed by atoms with E-state index < -0.39 is 7.92 Å². The van der Waals surface area contributed by atoms with Crippen LogP contribution in [0.25, 0.3) is 22.3 Å². The average Bonchev–Trinajstić information content (AvgIpc) is 3.38. The fourth-order valence-corrected chi connectivity index (χ4v) is 16.2. The van der Waals surface area contributed by atoms with Crippen LogP contribution in [0.15, 0.2) is 164 Å². The van der Waals surface area contributed by atoms with E-state index in [-0.39, 0.29) is 11.8 Å². The lowest BCUT2D eigenvalue weighted by Gasteiger charge is -2.41. The molecule has 2 fully saturated rings. The molecule has 65 heavy (non-hydrogen) atoms. The van der Waals surface area contributed by atoms with Gasteiger partial charge in [0.05, 0.1) is 0 Å². The lowest BCUT2D eigenvalue weighted by atomic mass is 9.79. The maximum atomic E-state index is 2.62. The molecule has 0 spiro atoms. The van der Waals surface area contributed by atoms with Crippen molar-refractivity contribution in [1.82, 2.24) is 0 Å². The molecular weight excluding hydrogens is 800 g/mol. The summed E-state index contributed by atoms with van der Waals surface area (Å²) in [6, 6.07) is 63.1. The van der Waals surface area contributed by atoms with Gasteiger partial charge in [-0.05, 0) is 146 Å². The van der Waals surface area contributed by atoms with Crippen LogP contribution in [0.1, 0.15) is 159 Å². The zero-order valence-electron chi connectivity index (χ0n) is 39.7. The molecule has 0 radical (unpaired) electrons. The summed E-state index contributed by atoms with van der Waals surface area (Å²) in [4.78, 5) is 0. The smallest absolute Gasteiger partial charge is 0.0340 e. The summed E-state index contributed by atoms with van der Waals surface area (Å²) in [6.45, 7) is 9.65. The van der Waals surface area contributed by atoms with Crippen molar-refractivity contribution in [2.45, 2.75) is 141 Å². The minimum atomic E-state index is -0.435. The van der Waals surface area contributed by atoms with Gasteiger partial charge in [0.15, 0.2) is 0 Å². The molecule has 0 aromatic heterocycles. The fourth-order valence-electron chi connectivity index (χ4n) is 12.1. The Morgan fingerprint density at radius 2 is 0.646 bits per heavy atom. The van der Waals surface area contributed by atoms with Crippen molar-refractivity contribution < 1.29 is 0 Å². The van der Waals surface area contributed by atoms with Gasteiger partial charge < -0.3 is 0 Å². The van der Waals surface area contributed by atoms with Crippen molar-refractivity contribution in [3.63, 3.8) is 0 Å². The molecule has 0 unspecified atom stereocenters. The number of benzene rings is 7. The molecule has 0 atom stereocenters. The maximum Gasteiger partial charge on any atom is 0.0340 e. The first-order chi connectivity index (χ1) is 32.1. The second-order valence-corrected chi connectivity index (χ2v) is 21.8. The molecule has 7 aromatic carbocycles. The topological polar surface area (TPSA) is 0 Å². The molecule has 0 amide bonds. The first-order valence-corrected chi connectivity index (χ1v) is 27.0. The van der Waals surface area contributed by atoms with Gasteiger partial charge in [0.2, 0.25) is 0 Å². The van der Waals surface area contributed by atoms with Crippen molar-refractivity contribution >= 4 is 13.2 Å². The van der Waals surface area contributed by atoms with Crippen LogP contribution >= 0.6 is 7.92 Å². The third kappa shape index (κ3) is 9.63. The van der Waals surface area contributed by atoms with Crippen LogP contribution < -0.4 is 5.30 Å². The number of hydrogen-bond donors (Lipinski definition) is 0. The molecule has 2 aliphatic rings. The first-order valence-electron chi connectivity index (χ1n) is 25.5. The molecule has 7 aromatic rings. The second kappa shape index (κ2) is 21.5.